The van der Waals surface area contributed by atoms with Gasteiger partial charge in [0.05, 0.1) is 14.2 Å². The molecule has 1 saturated heterocycles. The molecule has 1 aromatic carbocycles. The fourth-order valence-electron chi connectivity index (χ4n) is 4.90. The minimum atomic E-state index is 0.0926. The molecule has 4 nitrogen and oxygen atoms in total. The van der Waals surface area contributed by atoms with Gasteiger partial charge in [-0.25, -0.2) is 0 Å². The quantitative estimate of drug-likeness (QED) is 0.841. The van der Waals surface area contributed by atoms with Crippen molar-refractivity contribution in [1.82, 2.24) is 4.90 Å². The maximum absolute atomic E-state index is 12.2. The summed E-state index contributed by atoms with van der Waals surface area (Å²) in [4.78, 5) is 14.6. The average molecular weight is 313 g/mol. The van der Waals surface area contributed by atoms with Crippen LogP contribution >= 0.6 is 0 Å². The first-order valence-corrected chi connectivity index (χ1v) is 8.30. The van der Waals surface area contributed by atoms with Crippen molar-refractivity contribution in [1.29, 1.82) is 0 Å². The number of hydrogen-bond acceptors (Lipinski definition) is 4. The van der Waals surface area contributed by atoms with Crippen molar-refractivity contribution in [3.05, 3.63) is 29.3 Å². The van der Waals surface area contributed by atoms with E-state index in [9.17, 15) is 4.79 Å². The average Bonchev–Trinajstić information content (AvgIpc) is 2.89. The Labute approximate surface area is 137 Å². The summed E-state index contributed by atoms with van der Waals surface area (Å²) in [6, 6.07) is 4.59. The predicted octanol–water partition coefficient (Wildman–Crippen LogP) is 2.70. The Morgan fingerprint density at radius 3 is 2.78 bits per heavy atom. The van der Waals surface area contributed by atoms with Gasteiger partial charge in [0.25, 0.3) is 0 Å². The summed E-state index contributed by atoms with van der Waals surface area (Å²) in [5.74, 6) is 1.75. The lowest BCUT2D eigenvalue weighted by atomic mass is 9.60. The summed E-state index contributed by atoms with van der Waals surface area (Å²) >= 11 is 0. The van der Waals surface area contributed by atoms with Gasteiger partial charge in [-0.2, -0.15) is 0 Å². The first-order valence-electron chi connectivity index (χ1n) is 8.30. The molecule has 3 aliphatic rings. The van der Waals surface area contributed by atoms with E-state index in [1.54, 1.807) is 14.2 Å². The van der Waals surface area contributed by atoms with Gasteiger partial charge in [0.2, 0.25) is 0 Å². The fourth-order valence-corrected chi connectivity index (χ4v) is 4.90. The van der Waals surface area contributed by atoms with Crippen LogP contribution in [0.25, 0.3) is 5.57 Å². The number of nitrogens with zero attached hydrogens (tertiary/aromatic N) is 1. The molecule has 0 saturated carbocycles. The predicted molar refractivity (Wildman–Crippen MR) is 88.9 cm³/mol. The van der Waals surface area contributed by atoms with Gasteiger partial charge in [-0.15, -0.1) is 0 Å². The number of carbonyl (C=O) groups excluding carboxylic acids is 1. The second-order valence-electron chi connectivity index (χ2n) is 6.97. The number of fused-ring (bicyclic) bond motifs is 2. The van der Waals surface area contributed by atoms with E-state index in [1.807, 2.05) is 12.1 Å². The Balaban J connectivity index is 1.99. The number of ketones is 1. The van der Waals surface area contributed by atoms with E-state index in [4.69, 9.17) is 9.47 Å². The monoisotopic (exact) mass is 313 g/mol. The van der Waals surface area contributed by atoms with Crippen LogP contribution in [-0.4, -0.2) is 44.5 Å². The second kappa shape index (κ2) is 5.10. The minimum absolute atomic E-state index is 0.0926. The van der Waals surface area contributed by atoms with Gasteiger partial charge in [-0.1, -0.05) is 6.07 Å². The van der Waals surface area contributed by atoms with Gasteiger partial charge in [0.1, 0.15) is 0 Å². The Bertz CT molecular complexity index is 709. The molecule has 0 amide bonds. The first-order chi connectivity index (χ1) is 11.1. The molecule has 4 rings (SSSR count). The zero-order chi connectivity index (χ0) is 16.2. The molecule has 2 atom stereocenters. The first kappa shape index (κ1) is 14.8. The molecule has 23 heavy (non-hydrogen) atoms. The number of allylic oxidation sites excluding steroid dienone is 1. The minimum Gasteiger partial charge on any atom is -0.493 e. The Hall–Kier alpha value is -1.81. The van der Waals surface area contributed by atoms with Gasteiger partial charge in [0, 0.05) is 23.4 Å². The van der Waals surface area contributed by atoms with Crippen LogP contribution in [-0.2, 0) is 11.2 Å². The van der Waals surface area contributed by atoms with Crippen molar-refractivity contribution in [2.24, 2.45) is 5.41 Å². The summed E-state index contributed by atoms with van der Waals surface area (Å²) in [5, 5.41) is 0. The number of rotatable bonds is 2. The highest BCUT2D eigenvalue weighted by Crippen LogP contribution is 2.59. The molecule has 0 N–H and O–H groups in total. The van der Waals surface area contributed by atoms with E-state index in [1.165, 1.54) is 11.1 Å². The lowest BCUT2D eigenvalue weighted by molar-refractivity contribution is -0.115. The Kier molecular flexibility index (Phi) is 3.27. The van der Waals surface area contributed by atoms with E-state index in [2.05, 4.69) is 18.0 Å². The molecule has 0 bridgehead atoms. The third-order valence-corrected chi connectivity index (χ3v) is 6.05. The van der Waals surface area contributed by atoms with Crippen LogP contribution in [0.5, 0.6) is 11.5 Å². The largest absolute Gasteiger partial charge is 0.493 e. The number of likely N-dealkylation sites (tertiary alicyclic amines) is 1. The smallest absolute Gasteiger partial charge is 0.168 e. The summed E-state index contributed by atoms with van der Waals surface area (Å²) in [6.07, 6.45) is 5.63. The lowest BCUT2D eigenvalue weighted by Gasteiger charge is -2.46. The number of likely N-dealkylation sites (N-methyl/N-ethyl adjacent to an activating group) is 1. The van der Waals surface area contributed by atoms with Crippen molar-refractivity contribution >= 4 is 11.4 Å². The standard InChI is InChI=1S/C19H23NO3/c1-20-9-8-19-7-6-13(21)11-14(19)17-12(10-16(19)20)4-5-15(22-2)18(17)23-3/h4-5,11,16H,6-10H2,1-3H3. The van der Waals surface area contributed by atoms with Crippen LogP contribution < -0.4 is 9.47 Å². The topological polar surface area (TPSA) is 38.8 Å². The van der Waals surface area contributed by atoms with E-state index >= 15 is 0 Å². The lowest BCUT2D eigenvalue weighted by Crippen LogP contribution is -2.45. The molecule has 2 aliphatic carbocycles. The van der Waals surface area contributed by atoms with Crippen LogP contribution in [0.2, 0.25) is 0 Å². The van der Waals surface area contributed by atoms with Crippen molar-refractivity contribution in [3.63, 3.8) is 0 Å². The molecular formula is C19H23NO3. The van der Waals surface area contributed by atoms with Gasteiger partial charge in [-0.3, -0.25) is 4.79 Å². The summed E-state index contributed by atoms with van der Waals surface area (Å²) in [7, 11) is 5.55. The van der Waals surface area contributed by atoms with Crippen molar-refractivity contribution < 1.29 is 14.3 Å². The molecule has 1 aliphatic heterocycles. The molecule has 1 fully saturated rings. The van der Waals surface area contributed by atoms with Crippen molar-refractivity contribution in [2.75, 3.05) is 27.8 Å². The maximum Gasteiger partial charge on any atom is 0.168 e. The normalized spacial score (nSPS) is 29.4. The zero-order valence-electron chi connectivity index (χ0n) is 14.0. The summed E-state index contributed by atoms with van der Waals surface area (Å²) < 4.78 is 11.2. The third kappa shape index (κ3) is 1.91. The summed E-state index contributed by atoms with van der Waals surface area (Å²) in [5.41, 5.74) is 3.64. The molecule has 0 aromatic heterocycles. The van der Waals surface area contributed by atoms with Crippen LogP contribution in [0.1, 0.15) is 30.4 Å². The van der Waals surface area contributed by atoms with Gasteiger partial charge in [0.15, 0.2) is 17.3 Å². The highest BCUT2D eigenvalue weighted by molar-refractivity contribution is 6.02. The fraction of sp³-hybridized carbons (Fsp3) is 0.526. The summed E-state index contributed by atoms with van der Waals surface area (Å²) in [6.45, 7) is 1.09. The van der Waals surface area contributed by atoms with Gasteiger partial charge < -0.3 is 14.4 Å². The van der Waals surface area contributed by atoms with E-state index < -0.39 is 0 Å². The molecular weight excluding hydrogens is 290 g/mol. The van der Waals surface area contributed by atoms with Gasteiger partial charge >= 0.3 is 0 Å². The second-order valence-corrected chi connectivity index (χ2v) is 6.97. The number of carbonyl (C=O) groups is 1. The van der Waals surface area contributed by atoms with E-state index in [-0.39, 0.29) is 11.2 Å². The van der Waals surface area contributed by atoms with E-state index in [0.29, 0.717) is 12.5 Å². The van der Waals surface area contributed by atoms with Crippen LogP contribution in [0.3, 0.4) is 0 Å². The molecule has 1 aromatic rings. The zero-order valence-corrected chi connectivity index (χ0v) is 14.0. The van der Waals surface area contributed by atoms with E-state index in [0.717, 1.165) is 42.9 Å². The Morgan fingerprint density at radius 1 is 1.22 bits per heavy atom. The molecule has 1 heterocycles. The highest BCUT2D eigenvalue weighted by atomic mass is 16.5. The number of hydrogen-bond donors (Lipinski definition) is 0. The molecule has 0 radical (unpaired) electrons. The SMILES string of the molecule is COc1ccc2c(c1OC)C1=CC(=O)CCC13CCN(C)C3C2. The number of benzene rings is 1. The number of ether oxygens (including phenoxy) is 2. The third-order valence-electron chi connectivity index (χ3n) is 6.05. The Morgan fingerprint density at radius 2 is 2.04 bits per heavy atom. The van der Waals surface area contributed by atoms with Crippen LogP contribution in [0, 0.1) is 5.41 Å². The molecule has 122 valence electrons. The van der Waals surface area contributed by atoms with Crippen molar-refractivity contribution in [2.45, 2.75) is 31.7 Å². The van der Waals surface area contributed by atoms with Gasteiger partial charge in [-0.05, 0) is 56.1 Å². The van der Waals surface area contributed by atoms with Crippen molar-refractivity contribution in [3.8, 4) is 11.5 Å². The van der Waals surface area contributed by atoms with Crippen LogP contribution in [0.4, 0.5) is 0 Å². The van der Waals surface area contributed by atoms with Crippen LogP contribution in [0.15, 0.2) is 18.2 Å². The number of methoxy groups -OCH3 is 2. The molecule has 1 spiro atoms. The highest BCUT2D eigenvalue weighted by Gasteiger charge is 2.53. The molecule has 2 unspecified atom stereocenters. The molecule has 4 heteroatoms. The maximum atomic E-state index is 12.2.